The molecule has 1 amide bonds. The SMILES string of the molecule is O=C(COc1ccc(F)cc1F)NCCc1cn2ccccc2n1. The Morgan fingerprint density at radius 3 is 2.92 bits per heavy atom. The van der Waals surface area contributed by atoms with Crippen molar-refractivity contribution in [1.82, 2.24) is 14.7 Å². The predicted octanol–water partition coefficient (Wildman–Crippen LogP) is 2.35. The van der Waals surface area contributed by atoms with Crippen LogP contribution in [0, 0.1) is 11.6 Å². The van der Waals surface area contributed by atoms with Crippen molar-refractivity contribution in [2.24, 2.45) is 0 Å². The molecule has 0 aliphatic carbocycles. The molecule has 124 valence electrons. The third-order valence-electron chi connectivity index (χ3n) is 3.37. The second-order valence-corrected chi connectivity index (χ2v) is 5.16. The molecule has 24 heavy (non-hydrogen) atoms. The molecule has 3 aromatic rings. The predicted molar refractivity (Wildman–Crippen MR) is 83.8 cm³/mol. The Balaban J connectivity index is 1.45. The van der Waals surface area contributed by atoms with Crippen molar-refractivity contribution in [3.8, 4) is 5.75 Å². The lowest BCUT2D eigenvalue weighted by atomic mass is 10.3. The van der Waals surface area contributed by atoms with E-state index in [9.17, 15) is 13.6 Å². The smallest absolute Gasteiger partial charge is 0.257 e. The van der Waals surface area contributed by atoms with Gasteiger partial charge in [0.15, 0.2) is 18.2 Å². The van der Waals surface area contributed by atoms with Gasteiger partial charge in [0, 0.05) is 31.4 Å². The molecule has 0 atom stereocenters. The van der Waals surface area contributed by atoms with Gasteiger partial charge in [0.1, 0.15) is 11.5 Å². The fraction of sp³-hybridized carbons (Fsp3) is 0.176. The molecule has 2 aromatic heterocycles. The number of halogens is 2. The molecule has 0 radical (unpaired) electrons. The summed E-state index contributed by atoms with van der Waals surface area (Å²) < 4.78 is 33.1. The van der Waals surface area contributed by atoms with Gasteiger partial charge in [-0.15, -0.1) is 0 Å². The molecule has 5 nitrogen and oxygen atoms in total. The second kappa shape index (κ2) is 7.08. The Morgan fingerprint density at radius 2 is 2.12 bits per heavy atom. The van der Waals surface area contributed by atoms with Gasteiger partial charge >= 0.3 is 0 Å². The Kier molecular flexibility index (Phi) is 4.69. The minimum Gasteiger partial charge on any atom is -0.481 e. The summed E-state index contributed by atoms with van der Waals surface area (Å²) in [6, 6.07) is 8.63. The van der Waals surface area contributed by atoms with E-state index in [0.717, 1.165) is 23.5 Å². The summed E-state index contributed by atoms with van der Waals surface area (Å²) in [6.45, 7) is 0.0473. The van der Waals surface area contributed by atoms with E-state index in [-0.39, 0.29) is 18.3 Å². The lowest BCUT2D eigenvalue weighted by Gasteiger charge is -2.07. The van der Waals surface area contributed by atoms with Crippen LogP contribution in [0.1, 0.15) is 5.69 Å². The molecule has 2 heterocycles. The first-order valence-electron chi connectivity index (χ1n) is 7.39. The molecule has 1 aromatic carbocycles. The molecule has 7 heteroatoms. The molecule has 0 unspecified atom stereocenters. The Labute approximate surface area is 136 Å². The minimum absolute atomic E-state index is 0.160. The number of nitrogens with one attached hydrogen (secondary N) is 1. The van der Waals surface area contributed by atoms with Gasteiger partial charge in [0.25, 0.3) is 5.91 Å². The number of carbonyl (C=O) groups is 1. The number of benzene rings is 1. The highest BCUT2D eigenvalue weighted by atomic mass is 19.1. The van der Waals surface area contributed by atoms with Crippen LogP contribution >= 0.6 is 0 Å². The molecule has 1 N–H and O–H groups in total. The van der Waals surface area contributed by atoms with Crippen molar-refractivity contribution < 1.29 is 18.3 Å². The van der Waals surface area contributed by atoms with Gasteiger partial charge in [-0.05, 0) is 24.3 Å². The Morgan fingerprint density at radius 1 is 1.25 bits per heavy atom. The number of aromatic nitrogens is 2. The number of amides is 1. The highest BCUT2D eigenvalue weighted by Gasteiger charge is 2.08. The summed E-state index contributed by atoms with van der Waals surface area (Å²) >= 11 is 0. The highest BCUT2D eigenvalue weighted by molar-refractivity contribution is 5.77. The third kappa shape index (κ3) is 3.87. The lowest BCUT2D eigenvalue weighted by molar-refractivity contribution is -0.123. The first kappa shape index (κ1) is 15.9. The van der Waals surface area contributed by atoms with E-state index in [4.69, 9.17) is 4.74 Å². The number of hydrogen-bond acceptors (Lipinski definition) is 3. The van der Waals surface area contributed by atoms with Crippen LogP contribution in [0.2, 0.25) is 0 Å². The van der Waals surface area contributed by atoms with E-state index in [2.05, 4.69) is 10.3 Å². The zero-order valence-electron chi connectivity index (χ0n) is 12.7. The van der Waals surface area contributed by atoms with Gasteiger partial charge in [0.2, 0.25) is 0 Å². The molecule has 0 saturated heterocycles. The van der Waals surface area contributed by atoms with E-state index in [1.807, 2.05) is 35.0 Å². The number of pyridine rings is 1. The molecule has 0 aliphatic rings. The van der Waals surface area contributed by atoms with E-state index >= 15 is 0 Å². The number of nitrogens with zero attached hydrogens (tertiary/aromatic N) is 2. The minimum atomic E-state index is -0.840. The number of fused-ring (bicyclic) bond motifs is 1. The number of ether oxygens (including phenoxy) is 1. The van der Waals surface area contributed by atoms with Gasteiger partial charge in [-0.1, -0.05) is 6.07 Å². The van der Waals surface area contributed by atoms with Crippen LogP contribution in [0.3, 0.4) is 0 Å². The molecule has 3 rings (SSSR count). The summed E-state index contributed by atoms with van der Waals surface area (Å²) in [6.07, 6.45) is 4.36. The van der Waals surface area contributed by atoms with Crippen LogP contribution in [0.15, 0.2) is 48.8 Å². The zero-order chi connectivity index (χ0) is 16.9. The van der Waals surface area contributed by atoms with Crippen LogP contribution < -0.4 is 10.1 Å². The van der Waals surface area contributed by atoms with Crippen molar-refractivity contribution >= 4 is 11.6 Å². The molecule has 0 bridgehead atoms. The maximum atomic E-state index is 13.4. The van der Waals surface area contributed by atoms with Gasteiger partial charge < -0.3 is 14.5 Å². The number of imidazole rings is 1. The molecular weight excluding hydrogens is 316 g/mol. The number of rotatable bonds is 6. The fourth-order valence-electron chi connectivity index (χ4n) is 2.22. The first-order valence-corrected chi connectivity index (χ1v) is 7.39. The van der Waals surface area contributed by atoms with Crippen molar-refractivity contribution in [2.45, 2.75) is 6.42 Å². The van der Waals surface area contributed by atoms with Crippen LogP contribution in [0.25, 0.3) is 5.65 Å². The summed E-state index contributed by atoms with van der Waals surface area (Å²) in [5.41, 5.74) is 1.70. The number of hydrogen-bond donors (Lipinski definition) is 1. The van der Waals surface area contributed by atoms with Crippen LogP contribution in [0.4, 0.5) is 8.78 Å². The topological polar surface area (TPSA) is 55.6 Å². The summed E-state index contributed by atoms with van der Waals surface area (Å²) in [5, 5.41) is 2.67. The Bertz CT molecular complexity index is 831. The lowest BCUT2D eigenvalue weighted by Crippen LogP contribution is -2.30. The quantitative estimate of drug-likeness (QED) is 0.754. The van der Waals surface area contributed by atoms with Gasteiger partial charge in [-0.3, -0.25) is 4.79 Å². The average Bonchev–Trinajstić information content (AvgIpc) is 2.96. The van der Waals surface area contributed by atoms with Gasteiger partial charge in [-0.25, -0.2) is 13.8 Å². The average molecular weight is 331 g/mol. The van der Waals surface area contributed by atoms with E-state index < -0.39 is 11.6 Å². The first-order chi connectivity index (χ1) is 11.6. The monoisotopic (exact) mass is 331 g/mol. The fourth-order valence-corrected chi connectivity index (χ4v) is 2.22. The summed E-state index contributed by atoms with van der Waals surface area (Å²) in [4.78, 5) is 16.1. The van der Waals surface area contributed by atoms with Crippen molar-refractivity contribution in [1.29, 1.82) is 0 Å². The normalized spacial score (nSPS) is 10.8. The zero-order valence-corrected chi connectivity index (χ0v) is 12.7. The molecule has 0 aliphatic heterocycles. The van der Waals surface area contributed by atoms with Crippen LogP contribution in [0.5, 0.6) is 5.75 Å². The standard InChI is InChI=1S/C17H15F2N3O2/c18-12-4-5-15(14(19)9-12)24-11-17(23)20-7-6-13-10-22-8-2-1-3-16(22)21-13/h1-5,8-10H,6-7,11H2,(H,20,23). The molecule has 0 saturated carbocycles. The van der Waals surface area contributed by atoms with Crippen molar-refractivity contribution in [3.05, 3.63) is 66.1 Å². The maximum Gasteiger partial charge on any atom is 0.257 e. The van der Waals surface area contributed by atoms with Crippen molar-refractivity contribution in [3.63, 3.8) is 0 Å². The second-order valence-electron chi connectivity index (χ2n) is 5.16. The third-order valence-corrected chi connectivity index (χ3v) is 3.37. The highest BCUT2D eigenvalue weighted by Crippen LogP contribution is 2.17. The van der Waals surface area contributed by atoms with E-state index in [1.165, 1.54) is 0 Å². The van der Waals surface area contributed by atoms with Crippen LogP contribution in [-0.2, 0) is 11.2 Å². The summed E-state index contributed by atoms with van der Waals surface area (Å²) in [7, 11) is 0. The molecule has 0 spiro atoms. The number of carbonyl (C=O) groups excluding carboxylic acids is 1. The summed E-state index contributed by atoms with van der Waals surface area (Å²) in [5.74, 6) is -2.08. The molecule has 0 fully saturated rings. The van der Waals surface area contributed by atoms with Gasteiger partial charge in [0.05, 0.1) is 5.69 Å². The van der Waals surface area contributed by atoms with E-state index in [0.29, 0.717) is 19.0 Å². The van der Waals surface area contributed by atoms with Crippen molar-refractivity contribution in [2.75, 3.05) is 13.2 Å². The van der Waals surface area contributed by atoms with Crippen LogP contribution in [-0.4, -0.2) is 28.4 Å². The molecular formula is C17H15F2N3O2. The largest absolute Gasteiger partial charge is 0.481 e. The Hall–Kier alpha value is -2.96. The van der Waals surface area contributed by atoms with Gasteiger partial charge in [-0.2, -0.15) is 0 Å². The maximum absolute atomic E-state index is 13.4. The van der Waals surface area contributed by atoms with E-state index in [1.54, 1.807) is 0 Å².